The first-order chi connectivity index (χ1) is 8.47. The number of rotatable bonds is 3. The van der Waals surface area contributed by atoms with Crippen molar-refractivity contribution in [3.63, 3.8) is 0 Å². The Morgan fingerprint density at radius 3 is 2.56 bits per heavy atom. The van der Waals surface area contributed by atoms with Gasteiger partial charge in [-0.15, -0.1) is 0 Å². The third kappa shape index (κ3) is 3.07. The molecule has 1 heterocycles. The highest BCUT2D eigenvalue weighted by Crippen LogP contribution is 2.35. The molecule has 0 bridgehead atoms. The molecule has 0 N–H and O–H groups in total. The number of alkyl halides is 3. The lowest BCUT2D eigenvalue weighted by Gasteiger charge is -2.10. The highest BCUT2D eigenvalue weighted by Gasteiger charge is 2.30. The number of ether oxygens (including phenoxy) is 1. The third-order valence-corrected chi connectivity index (χ3v) is 2.83. The Kier molecular flexibility index (Phi) is 3.65. The van der Waals surface area contributed by atoms with Crippen molar-refractivity contribution >= 4 is 15.9 Å². The number of hydrogen-bond acceptors (Lipinski definition) is 2. The minimum absolute atomic E-state index is 0.164. The van der Waals surface area contributed by atoms with Crippen LogP contribution in [0.2, 0.25) is 0 Å². The first-order valence-corrected chi connectivity index (χ1v) is 5.78. The highest BCUT2D eigenvalue weighted by atomic mass is 79.9. The van der Waals surface area contributed by atoms with E-state index in [2.05, 4.69) is 15.9 Å². The summed E-state index contributed by atoms with van der Waals surface area (Å²) in [6.45, 7) is 0.164. The summed E-state index contributed by atoms with van der Waals surface area (Å²) in [4.78, 5) is 0. The molecule has 96 valence electrons. The van der Waals surface area contributed by atoms with Gasteiger partial charge in [0, 0.05) is 0 Å². The van der Waals surface area contributed by atoms with Crippen molar-refractivity contribution in [2.75, 3.05) is 0 Å². The van der Waals surface area contributed by atoms with Crippen molar-refractivity contribution in [2.24, 2.45) is 0 Å². The molecule has 0 aliphatic heterocycles. The minimum Gasteiger partial charge on any atom is -0.484 e. The van der Waals surface area contributed by atoms with Gasteiger partial charge in [-0.05, 0) is 46.3 Å². The lowest BCUT2D eigenvalue weighted by atomic mass is 10.2. The van der Waals surface area contributed by atoms with Gasteiger partial charge in [0.05, 0.1) is 16.3 Å². The van der Waals surface area contributed by atoms with Gasteiger partial charge in [0.25, 0.3) is 0 Å². The summed E-state index contributed by atoms with van der Waals surface area (Å²) >= 11 is 3.05. The summed E-state index contributed by atoms with van der Waals surface area (Å²) in [6.07, 6.45) is -2.86. The molecule has 18 heavy (non-hydrogen) atoms. The van der Waals surface area contributed by atoms with Crippen molar-refractivity contribution in [1.82, 2.24) is 0 Å². The minimum atomic E-state index is -4.36. The molecule has 6 heteroatoms. The van der Waals surface area contributed by atoms with Crippen molar-refractivity contribution in [3.8, 4) is 5.75 Å². The Balaban J connectivity index is 2.10. The molecule has 0 radical (unpaired) electrons. The average Bonchev–Trinajstić information content (AvgIpc) is 2.79. The fourth-order valence-corrected chi connectivity index (χ4v) is 1.83. The maximum absolute atomic E-state index is 12.4. The molecular weight excluding hydrogens is 313 g/mol. The largest absolute Gasteiger partial charge is 0.484 e. The Morgan fingerprint density at radius 1 is 1.22 bits per heavy atom. The first-order valence-electron chi connectivity index (χ1n) is 4.99. The predicted octanol–water partition coefficient (Wildman–Crippen LogP) is 4.64. The molecule has 0 aliphatic rings. The SMILES string of the molecule is FC(F)(F)c1ccc(OCc2ccco2)c(Br)c1. The molecule has 2 nitrogen and oxygen atoms in total. The van der Waals surface area contributed by atoms with Crippen molar-refractivity contribution in [1.29, 1.82) is 0 Å². The first kappa shape index (κ1) is 13.0. The van der Waals surface area contributed by atoms with Gasteiger partial charge in [0.2, 0.25) is 0 Å². The summed E-state index contributed by atoms with van der Waals surface area (Å²) in [5.74, 6) is 0.932. The van der Waals surface area contributed by atoms with Gasteiger partial charge in [0.1, 0.15) is 18.1 Å². The lowest BCUT2D eigenvalue weighted by molar-refractivity contribution is -0.137. The van der Waals surface area contributed by atoms with E-state index in [1.165, 1.54) is 12.3 Å². The molecule has 1 aromatic heterocycles. The summed E-state index contributed by atoms with van der Waals surface area (Å²) in [6, 6.07) is 6.66. The zero-order chi connectivity index (χ0) is 13.2. The number of hydrogen-bond donors (Lipinski definition) is 0. The van der Waals surface area contributed by atoms with Crippen LogP contribution in [0.3, 0.4) is 0 Å². The van der Waals surface area contributed by atoms with Crippen LogP contribution in [0.4, 0.5) is 13.2 Å². The Morgan fingerprint density at radius 2 is 2.00 bits per heavy atom. The molecule has 0 amide bonds. The average molecular weight is 321 g/mol. The van der Waals surface area contributed by atoms with E-state index >= 15 is 0 Å². The smallest absolute Gasteiger partial charge is 0.416 e. The maximum atomic E-state index is 12.4. The van der Waals surface area contributed by atoms with E-state index in [9.17, 15) is 13.2 Å². The van der Waals surface area contributed by atoms with E-state index in [0.29, 0.717) is 11.5 Å². The van der Waals surface area contributed by atoms with Gasteiger partial charge in [-0.25, -0.2) is 0 Å². The van der Waals surface area contributed by atoms with Crippen LogP contribution < -0.4 is 4.74 Å². The topological polar surface area (TPSA) is 22.4 Å². The summed E-state index contributed by atoms with van der Waals surface area (Å²) in [5, 5.41) is 0. The van der Waals surface area contributed by atoms with Crippen LogP contribution in [-0.2, 0) is 12.8 Å². The van der Waals surface area contributed by atoms with Crippen LogP contribution in [0.5, 0.6) is 5.75 Å². The standard InChI is InChI=1S/C12H8BrF3O2/c13-10-6-8(12(14,15)16)3-4-11(10)18-7-9-2-1-5-17-9/h1-6H,7H2. The van der Waals surface area contributed by atoms with Crippen molar-refractivity contribution < 1.29 is 22.3 Å². The molecule has 1 aromatic carbocycles. The van der Waals surface area contributed by atoms with E-state index in [4.69, 9.17) is 9.15 Å². The molecule has 0 fully saturated rings. The Hall–Kier alpha value is -1.43. The summed E-state index contributed by atoms with van der Waals surface area (Å²) in [5.41, 5.74) is -0.722. The molecule has 2 rings (SSSR count). The van der Waals surface area contributed by atoms with Crippen LogP contribution >= 0.6 is 15.9 Å². The molecule has 0 saturated carbocycles. The third-order valence-electron chi connectivity index (χ3n) is 2.21. The lowest BCUT2D eigenvalue weighted by Crippen LogP contribution is -2.05. The van der Waals surface area contributed by atoms with Crippen LogP contribution in [-0.4, -0.2) is 0 Å². The predicted molar refractivity (Wildman–Crippen MR) is 62.2 cm³/mol. The van der Waals surface area contributed by atoms with Gasteiger partial charge in [0.15, 0.2) is 0 Å². The zero-order valence-electron chi connectivity index (χ0n) is 9.00. The molecule has 0 aliphatic carbocycles. The van der Waals surface area contributed by atoms with E-state index in [1.807, 2.05) is 0 Å². The summed E-state index contributed by atoms with van der Waals surface area (Å²) in [7, 11) is 0. The van der Waals surface area contributed by atoms with Gasteiger partial charge >= 0.3 is 6.18 Å². The molecule has 2 aromatic rings. The summed E-state index contributed by atoms with van der Waals surface area (Å²) < 4.78 is 47.9. The second-order valence-corrected chi connectivity index (χ2v) is 4.37. The molecule has 0 saturated heterocycles. The van der Waals surface area contributed by atoms with Crippen LogP contribution in [0.15, 0.2) is 45.5 Å². The molecule has 0 spiro atoms. The number of furan rings is 1. The van der Waals surface area contributed by atoms with Crippen LogP contribution in [0.1, 0.15) is 11.3 Å². The number of benzene rings is 1. The quantitative estimate of drug-likeness (QED) is 0.822. The molecular formula is C12H8BrF3O2. The normalized spacial score (nSPS) is 11.6. The van der Waals surface area contributed by atoms with Crippen LogP contribution in [0, 0.1) is 0 Å². The van der Waals surface area contributed by atoms with Gasteiger partial charge in [-0.3, -0.25) is 0 Å². The second-order valence-electron chi connectivity index (χ2n) is 3.51. The Bertz CT molecular complexity index is 521. The van der Waals surface area contributed by atoms with Crippen molar-refractivity contribution in [2.45, 2.75) is 12.8 Å². The van der Waals surface area contributed by atoms with Gasteiger partial charge in [-0.2, -0.15) is 13.2 Å². The fraction of sp³-hybridized carbons (Fsp3) is 0.167. The molecule has 0 atom stereocenters. The second kappa shape index (κ2) is 5.06. The zero-order valence-corrected chi connectivity index (χ0v) is 10.6. The van der Waals surface area contributed by atoms with E-state index in [-0.39, 0.29) is 11.1 Å². The van der Waals surface area contributed by atoms with Crippen molar-refractivity contribution in [3.05, 3.63) is 52.4 Å². The van der Waals surface area contributed by atoms with E-state index in [1.54, 1.807) is 12.1 Å². The van der Waals surface area contributed by atoms with Gasteiger partial charge in [-0.1, -0.05) is 0 Å². The highest BCUT2D eigenvalue weighted by molar-refractivity contribution is 9.10. The Labute approximate surface area is 109 Å². The fourth-order valence-electron chi connectivity index (χ4n) is 1.34. The van der Waals surface area contributed by atoms with E-state index in [0.717, 1.165) is 12.1 Å². The molecule has 0 unspecified atom stereocenters. The number of halogens is 4. The van der Waals surface area contributed by atoms with E-state index < -0.39 is 11.7 Å². The maximum Gasteiger partial charge on any atom is 0.416 e. The van der Waals surface area contributed by atoms with Gasteiger partial charge < -0.3 is 9.15 Å². The monoisotopic (exact) mass is 320 g/mol. The van der Waals surface area contributed by atoms with Crippen LogP contribution in [0.25, 0.3) is 0 Å².